The summed E-state index contributed by atoms with van der Waals surface area (Å²) in [5.41, 5.74) is 6.60. The van der Waals surface area contributed by atoms with Crippen LogP contribution in [0.25, 0.3) is 11.0 Å². The minimum absolute atomic E-state index is 0.213. The Bertz CT molecular complexity index is 779. The predicted octanol–water partition coefficient (Wildman–Crippen LogP) is 2.94. The minimum Gasteiger partial charge on any atom is -0.369 e. The van der Waals surface area contributed by atoms with Crippen LogP contribution < -0.4 is 5.73 Å². The van der Waals surface area contributed by atoms with Crippen molar-refractivity contribution >= 4 is 28.5 Å². The van der Waals surface area contributed by atoms with E-state index in [4.69, 9.17) is 17.3 Å². The molecule has 22 heavy (non-hydrogen) atoms. The van der Waals surface area contributed by atoms with Crippen LogP contribution in [0.3, 0.4) is 0 Å². The van der Waals surface area contributed by atoms with E-state index in [1.54, 1.807) is 10.8 Å². The van der Waals surface area contributed by atoms with E-state index < -0.39 is 5.41 Å². The summed E-state index contributed by atoms with van der Waals surface area (Å²) in [6, 6.07) is 7.47. The molecular weight excluding hydrogens is 300 g/mol. The first-order valence-corrected chi connectivity index (χ1v) is 7.61. The summed E-state index contributed by atoms with van der Waals surface area (Å²) in [7, 11) is 0. The van der Waals surface area contributed by atoms with Crippen molar-refractivity contribution in [2.24, 2.45) is 11.1 Å². The maximum atomic E-state index is 12.3. The monoisotopic (exact) mass is 316 g/mol. The van der Waals surface area contributed by atoms with Crippen LogP contribution in [-0.4, -0.2) is 20.9 Å². The third-order valence-corrected chi connectivity index (χ3v) is 4.57. The lowest BCUT2D eigenvalue weighted by molar-refractivity contribution is -0.127. The number of carbonyl (C=O) groups is 1. The van der Waals surface area contributed by atoms with Gasteiger partial charge in [-0.05, 0) is 31.1 Å². The van der Waals surface area contributed by atoms with Crippen LogP contribution in [0.2, 0.25) is 0 Å². The van der Waals surface area contributed by atoms with Crippen LogP contribution in [0, 0.1) is 5.41 Å². The van der Waals surface area contributed by atoms with Gasteiger partial charge in [0.15, 0.2) is 0 Å². The van der Waals surface area contributed by atoms with E-state index in [0.29, 0.717) is 17.9 Å². The molecule has 2 unspecified atom stereocenters. The number of amides is 1. The summed E-state index contributed by atoms with van der Waals surface area (Å²) in [6.07, 6.45) is 6.53. The molecule has 1 heterocycles. The van der Waals surface area contributed by atoms with Crippen molar-refractivity contribution in [2.45, 2.75) is 25.8 Å². The van der Waals surface area contributed by atoms with E-state index in [-0.39, 0.29) is 11.9 Å². The Morgan fingerprint density at radius 3 is 2.91 bits per heavy atom. The molecule has 1 aromatic heterocycles. The lowest BCUT2D eigenvalue weighted by Crippen LogP contribution is -2.43. The van der Waals surface area contributed by atoms with Crippen molar-refractivity contribution in [1.82, 2.24) is 15.0 Å². The van der Waals surface area contributed by atoms with Gasteiger partial charge >= 0.3 is 0 Å². The van der Waals surface area contributed by atoms with Gasteiger partial charge in [-0.15, -0.1) is 5.10 Å². The molecule has 114 valence electrons. The highest BCUT2D eigenvalue weighted by Crippen LogP contribution is 2.43. The zero-order chi connectivity index (χ0) is 15.7. The van der Waals surface area contributed by atoms with Gasteiger partial charge < -0.3 is 5.73 Å². The number of para-hydroxylation sites is 1. The molecule has 3 rings (SSSR count). The van der Waals surface area contributed by atoms with E-state index in [1.807, 2.05) is 43.3 Å². The molecule has 2 atom stereocenters. The maximum absolute atomic E-state index is 12.3. The number of nitrogens with two attached hydrogens (primary N) is 1. The van der Waals surface area contributed by atoms with Crippen LogP contribution in [0.5, 0.6) is 0 Å². The van der Waals surface area contributed by atoms with Gasteiger partial charge in [-0.3, -0.25) is 4.79 Å². The van der Waals surface area contributed by atoms with Crippen molar-refractivity contribution < 1.29 is 4.79 Å². The second kappa shape index (κ2) is 5.57. The molecule has 1 aromatic carbocycles. The first kappa shape index (κ1) is 14.8. The molecule has 0 radical (unpaired) electrons. The van der Waals surface area contributed by atoms with Gasteiger partial charge in [0.2, 0.25) is 5.91 Å². The zero-order valence-electron chi connectivity index (χ0n) is 12.2. The number of benzene rings is 1. The van der Waals surface area contributed by atoms with Crippen molar-refractivity contribution in [3.8, 4) is 0 Å². The Balaban J connectivity index is 2.13. The lowest BCUT2D eigenvalue weighted by atomic mass is 9.73. The first-order chi connectivity index (χ1) is 10.6. The van der Waals surface area contributed by atoms with Crippen LogP contribution >= 0.6 is 11.6 Å². The third-order valence-electron chi connectivity index (χ3n) is 4.29. The van der Waals surface area contributed by atoms with Crippen molar-refractivity contribution in [1.29, 1.82) is 0 Å². The molecule has 0 saturated carbocycles. The summed E-state index contributed by atoms with van der Waals surface area (Å²) in [4.78, 5) is 12.3. The molecule has 2 aromatic rings. The van der Waals surface area contributed by atoms with Crippen LogP contribution in [0.15, 0.2) is 47.5 Å². The Hall–Kier alpha value is -2.14. The lowest BCUT2D eigenvalue weighted by Gasteiger charge is -2.36. The van der Waals surface area contributed by atoms with Crippen LogP contribution in [-0.2, 0) is 4.79 Å². The molecule has 0 fully saturated rings. The SMILES string of the molecule is CCC(n1nnc2ccccc21)C1(C(N)=O)C=CC(Cl)=CC1. The fourth-order valence-corrected chi connectivity index (χ4v) is 3.24. The second-order valence-electron chi connectivity index (χ2n) is 5.48. The Morgan fingerprint density at radius 1 is 1.50 bits per heavy atom. The van der Waals surface area contributed by atoms with Gasteiger partial charge in [-0.25, -0.2) is 4.68 Å². The van der Waals surface area contributed by atoms with Crippen molar-refractivity contribution in [3.63, 3.8) is 0 Å². The molecule has 1 amide bonds. The van der Waals surface area contributed by atoms with E-state index in [2.05, 4.69) is 10.3 Å². The van der Waals surface area contributed by atoms with Gasteiger partial charge in [-0.2, -0.15) is 0 Å². The van der Waals surface area contributed by atoms with E-state index in [9.17, 15) is 4.79 Å². The smallest absolute Gasteiger partial charge is 0.229 e. The molecular formula is C16H17ClN4O. The van der Waals surface area contributed by atoms with Crippen molar-refractivity contribution in [3.05, 3.63) is 47.5 Å². The fourth-order valence-electron chi connectivity index (χ4n) is 3.10. The average Bonchev–Trinajstić information content (AvgIpc) is 2.94. The number of fused-ring (bicyclic) bond motifs is 1. The summed E-state index contributed by atoms with van der Waals surface area (Å²) < 4.78 is 1.80. The largest absolute Gasteiger partial charge is 0.369 e. The molecule has 5 nitrogen and oxygen atoms in total. The molecule has 1 aliphatic rings. The summed E-state index contributed by atoms with van der Waals surface area (Å²) in [5.74, 6) is -0.379. The van der Waals surface area contributed by atoms with E-state index in [1.165, 1.54) is 0 Å². The number of rotatable bonds is 4. The maximum Gasteiger partial charge on any atom is 0.229 e. The normalized spacial score (nSPS) is 22.5. The average molecular weight is 317 g/mol. The number of primary amides is 1. The highest BCUT2D eigenvalue weighted by molar-refractivity contribution is 6.31. The Kier molecular flexibility index (Phi) is 3.74. The summed E-state index contributed by atoms with van der Waals surface area (Å²) in [5, 5.41) is 9.06. The summed E-state index contributed by atoms with van der Waals surface area (Å²) >= 11 is 6.00. The molecule has 6 heteroatoms. The number of allylic oxidation sites excluding steroid dienone is 3. The number of aromatic nitrogens is 3. The fraction of sp³-hybridized carbons (Fsp3) is 0.312. The highest BCUT2D eigenvalue weighted by atomic mass is 35.5. The topological polar surface area (TPSA) is 73.8 Å². The Morgan fingerprint density at radius 2 is 2.27 bits per heavy atom. The van der Waals surface area contributed by atoms with Gasteiger partial charge in [0.25, 0.3) is 0 Å². The molecule has 1 aliphatic carbocycles. The minimum atomic E-state index is -0.844. The van der Waals surface area contributed by atoms with Gasteiger partial charge in [0.1, 0.15) is 5.52 Å². The van der Waals surface area contributed by atoms with Crippen LogP contribution in [0.1, 0.15) is 25.8 Å². The molecule has 0 aliphatic heterocycles. The number of hydrogen-bond donors (Lipinski definition) is 1. The number of carbonyl (C=O) groups excluding carboxylic acids is 1. The van der Waals surface area contributed by atoms with E-state index >= 15 is 0 Å². The number of halogens is 1. The number of nitrogens with zero attached hydrogens (tertiary/aromatic N) is 3. The first-order valence-electron chi connectivity index (χ1n) is 7.23. The number of hydrogen-bond acceptors (Lipinski definition) is 3. The second-order valence-corrected chi connectivity index (χ2v) is 5.91. The zero-order valence-corrected chi connectivity index (χ0v) is 13.0. The molecule has 0 saturated heterocycles. The van der Waals surface area contributed by atoms with Gasteiger partial charge in [0, 0.05) is 5.03 Å². The predicted molar refractivity (Wildman–Crippen MR) is 86.2 cm³/mol. The van der Waals surface area contributed by atoms with E-state index in [0.717, 1.165) is 11.0 Å². The molecule has 2 N–H and O–H groups in total. The van der Waals surface area contributed by atoms with Gasteiger partial charge in [-0.1, -0.05) is 48.0 Å². The Labute approximate surface area is 133 Å². The highest BCUT2D eigenvalue weighted by Gasteiger charge is 2.43. The molecule has 0 spiro atoms. The molecule has 0 bridgehead atoms. The summed E-state index contributed by atoms with van der Waals surface area (Å²) in [6.45, 7) is 2.01. The standard InChI is InChI=1S/C16H17ClN4O/c1-2-14(16(15(18)22)9-7-11(17)8-10-16)21-13-6-4-3-5-12(13)19-20-21/h3-9,14H,2,10H2,1H3,(H2,18,22). The quantitative estimate of drug-likeness (QED) is 0.942. The van der Waals surface area contributed by atoms with Gasteiger partial charge in [0.05, 0.1) is 17.0 Å². The van der Waals surface area contributed by atoms with Crippen molar-refractivity contribution in [2.75, 3.05) is 0 Å². The van der Waals surface area contributed by atoms with Crippen LogP contribution in [0.4, 0.5) is 0 Å². The third kappa shape index (κ3) is 2.22.